The highest BCUT2D eigenvalue weighted by atomic mass is 32.1. The van der Waals surface area contributed by atoms with E-state index in [9.17, 15) is 0 Å². The third-order valence-electron chi connectivity index (χ3n) is 3.26. The zero-order valence-corrected chi connectivity index (χ0v) is 11.2. The third kappa shape index (κ3) is 3.43. The normalized spacial score (nSPS) is 15.7. The Hall–Kier alpha value is -1.09. The van der Waals surface area contributed by atoms with Crippen molar-refractivity contribution in [3.05, 3.63) is 29.8 Å². The van der Waals surface area contributed by atoms with Crippen LogP contribution in [0.25, 0.3) is 0 Å². The van der Waals surface area contributed by atoms with Crippen LogP contribution in [0.2, 0.25) is 0 Å². The van der Waals surface area contributed by atoms with Gasteiger partial charge in [0.05, 0.1) is 0 Å². The van der Waals surface area contributed by atoms with Crippen LogP contribution in [0, 0.1) is 0 Å². The minimum Gasteiger partial charge on any atom is -0.349 e. The molecule has 1 saturated heterocycles. The molecule has 17 heavy (non-hydrogen) atoms. The summed E-state index contributed by atoms with van der Waals surface area (Å²) < 4.78 is 0. The second-order valence-electron chi connectivity index (χ2n) is 4.53. The van der Waals surface area contributed by atoms with E-state index in [2.05, 4.69) is 41.4 Å². The van der Waals surface area contributed by atoms with E-state index in [-0.39, 0.29) is 0 Å². The molecule has 3 heteroatoms. The minimum absolute atomic E-state index is 0.869. The van der Waals surface area contributed by atoms with Crippen molar-refractivity contribution in [1.82, 2.24) is 4.90 Å². The summed E-state index contributed by atoms with van der Waals surface area (Å²) in [5, 5.41) is 4.19. The van der Waals surface area contributed by atoms with E-state index < -0.39 is 0 Å². The molecule has 0 aliphatic carbocycles. The van der Waals surface area contributed by atoms with E-state index in [1.165, 1.54) is 24.8 Å². The van der Waals surface area contributed by atoms with Crippen LogP contribution in [0.15, 0.2) is 24.3 Å². The van der Waals surface area contributed by atoms with E-state index in [0.717, 1.165) is 30.3 Å². The maximum Gasteiger partial charge on any atom is 0.173 e. The van der Waals surface area contributed by atoms with Gasteiger partial charge in [0.2, 0.25) is 0 Å². The smallest absolute Gasteiger partial charge is 0.173 e. The molecule has 0 bridgehead atoms. The molecule has 1 aromatic rings. The minimum atomic E-state index is 0.869. The molecular weight excluding hydrogens is 228 g/mol. The lowest BCUT2D eigenvalue weighted by atomic mass is 10.1. The van der Waals surface area contributed by atoms with Crippen LogP contribution in [-0.4, -0.2) is 23.1 Å². The molecule has 1 fully saturated rings. The molecule has 2 nitrogen and oxygen atoms in total. The zero-order chi connectivity index (χ0) is 12.1. The fourth-order valence-corrected chi connectivity index (χ4v) is 2.42. The van der Waals surface area contributed by atoms with Gasteiger partial charge in [-0.3, -0.25) is 0 Å². The van der Waals surface area contributed by atoms with Crippen molar-refractivity contribution < 1.29 is 0 Å². The number of anilines is 1. The molecule has 1 N–H and O–H groups in total. The average molecular weight is 248 g/mol. The Kier molecular flexibility index (Phi) is 4.37. The van der Waals surface area contributed by atoms with Crippen LogP contribution in [-0.2, 0) is 6.42 Å². The highest BCUT2D eigenvalue weighted by Gasteiger charge is 2.12. The number of rotatable bonds is 2. The lowest BCUT2D eigenvalue weighted by Gasteiger charge is -2.29. The summed E-state index contributed by atoms with van der Waals surface area (Å²) in [4.78, 5) is 2.27. The maximum atomic E-state index is 5.43. The fourth-order valence-electron chi connectivity index (χ4n) is 2.12. The van der Waals surface area contributed by atoms with Crippen LogP contribution >= 0.6 is 12.2 Å². The summed E-state index contributed by atoms with van der Waals surface area (Å²) >= 11 is 5.43. The largest absolute Gasteiger partial charge is 0.349 e. The highest BCUT2D eigenvalue weighted by molar-refractivity contribution is 7.80. The van der Waals surface area contributed by atoms with Crippen molar-refractivity contribution >= 4 is 23.0 Å². The first-order valence-corrected chi connectivity index (χ1v) is 6.85. The van der Waals surface area contributed by atoms with Gasteiger partial charge in [-0.05, 0) is 55.6 Å². The number of nitrogens with one attached hydrogen (secondary N) is 1. The standard InChI is InChI=1S/C14H20N2S/c1-2-12-6-8-13(9-7-12)15-14(17)16-10-4-3-5-11-16/h6-9H,2-5,10-11H2,1H3,(H,15,17). The van der Waals surface area contributed by atoms with Crippen molar-refractivity contribution in [2.75, 3.05) is 18.4 Å². The van der Waals surface area contributed by atoms with Gasteiger partial charge < -0.3 is 10.2 Å². The van der Waals surface area contributed by atoms with Crippen molar-refractivity contribution in [1.29, 1.82) is 0 Å². The number of thiocarbonyl (C=S) groups is 1. The molecule has 0 amide bonds. The predicted molar refractivity (Wildman–Crippen MR) is 77.5 cm³/mol. The lowest BCUT2D eigenvalue weighted by Crippen LogP contribution is -2.38. The summed E-state index contributed by atoms with van der Waals surface area (Å²) in [5.41, 5.74) is 2.46. The van der Waals surface area contributed by atoms with E-state index in [4.69, 9.17) is 12.2 Å². The first-order chi connectivity index (χ1) is 8.29. The summed E-state index contributed by atoms with van der Waals surface area (Å²) in [5.74, 6) is 0. The number of benzene rings is 1. The lowest BCUT2D eigenvalue weighted by molar-refractivity contribution is 0.346. The topological polar surface area (TPSA) is 15.3 Å². The molecule has 0 atom stereocenters. The van der Waals surface area contributed by atoms with Gasteiger partial charge in [-0.15, -0.1) is 0 Å². The highest BCUT2D eigenvalue weighted by Crippen LogP contribution is 2.13. The molecule has 92 valence electrons. The molecule has 2 rings (SSSR count). The van der Waals surface area contributed by atoms with Gasteiger partial charge in [-0.25, -0.2) is 0 Å². The maximum absolute atomic E-state index is 5.43. The van der Waals surface area contributed by atoms with E-state index in [1.54, 1.807) is 0 Å². The number of likely N-dealkylation sites (tertiary alicyclic amines) is 1. The van der Waals surface area contributed by atoms with Gasteiger partial charge >= 0.3 is 0 Å². The van der Waals surface area contributed by atoms with Crippen LogP contribution in [0.3, 0.4) is 0 Å². The van der Waals surface area contributed by atoms with Crippen LogP contribution in [0.4, 0.5) is 5.69 Å². The van der Waals surface area contributed by atoms with Crippen LogP contribution in [0.1, 0.15) is 31.7 Å². The van der Waals surface area contributed by atoms with Crippen LogP contribution in [0.5, 0.6) is 0 Å². The second kappa shape index (κ2) is 6.01. The summed E-state index contributed by atoms with van der Waals surface area (Å²) in [7, 11) is 0. The number of aryl methyl sites for hydroxylation is 1. The zero-order valence-electron chi connectivity index (χ0n) is 10.4. The van der Waals surface area contributed by atoms with Gasteiger partial charge in [0.15, 0.2) is 5.11 Å². The summed E-state index contributed by atoms with van der Waals surface area (Å²) in [6.45, 7) is 4.36. The van der Waals surface area contributed by atoms with Gasteiger partial charge in [0.25, 0.3) is 0 Å². The number of hydrogen-bond acceptors (Lipinski definition) is 1. The van der Waals surface area contributed by atoms with E-state index in [0.29, 0.717) is 0 Å². The van der Waals surface area contributed by atoms with Crippen LogP contribution < -0.4 is 5.32 Å². The number of hydrogen-bond donors (Lipinski definition) is 1. The molecule has 0 saturated carbocycles. The SMILES string of the molecule is CCc1ccc(NC(=S)N2CCCCC2)cc1. The third-order valence-corrected chi connectivity index (χ3v) is 3.62. The van der Waals surface area contributed by atoms with Gasteiger partial charge in [0.1, 0.15) is 0 Å². The number of nitrogens with zero attached hydrogens (tertiary/aromatic N) is 1. The van der Waals surface area contributed by atoms with Gasteiger partial charge in [0, 0.05) is 18.8 Å². The average Bonchev–Trinajstić information content (AvgIpc) is 2.40. The predicted octanol–water partition coefficient (Wildman–Crippen LogP) is 3.43. The van der Waals surface area contributed by atoms with Crippen molar-refractivity contribution in [3.8, 4) is 0 Å². The molecule has 0 radical (unpaired) electrons. The van der Waals surface area contributed by atoms with Crippen molar-refractivity contribution in [2.45, 2.75) is 32.6 Å². The van der Waals surface area contributed by atoms with E-state index in [1.807, 2.05) is 0 Å². The quantitative estimate of drug-likeness (QED) is 0.807. The summed E-state index contributed by atoms with van der Waals surface area (Å²) in [6, 6.07) is 8.52. The Morgan fingerprint density at radius 3 is 2.41 bits per heavy atom. The Morgan fingerprint density at radius 1 is 1.18 bits per heavy atom. The second-order valence-corrected chi connectivity index (χ2v) is 4.92. The van der Waals surface area contributed by atoms with Crippen molar-refractivity contribution in [2.24, 2.45) is 0 Å². The molecule has 1 aliphatic rings. The monoisotopic (exact) mass is 248 g/mol. The molecule has 1 aliphatic heterocycles. The van der Waals surface area contributed by atoms with Gasteiger partial charge in [-0.1, -0.05) is 19.1 Å². The van der Waals surface area contributed by atoms with Crippen molar-refractivity contribution in [3.63, 3.8) is 0 Å². The number of piperidine rings is 1. The first kappa shape index (κ1) is 12.4. The Balaban J connectivity index is 1.92. The molecular formula is C14H20N2S. The summed E-state index contributed by atoms with van der Waals surface area (Å²) in [6.07, 6.45) is 4.94. The Morgan fingerprint density at radius 2 is 1.82 bits per heavy atom. The van der Waals surface area contributed by atoms with Gasteiger partial charge in [-0.2, -0.15) is 0 Å². The Bertz CT molecular complexity index is 366. The molecule has 1 aromatic carbocycles. The molecule has 0 unspecified atom stereocenters. The fraction of sp³-hybridized carbons (Fsp3) is 0.500. The Labute approximate surface area is 109 Å². The molecule has 1 heterocycles. The van der Waals surface area contributed by atoms with E-state index >= 15 is 0 Å². The molecule has 0 spiro atoms. The first-order valence-electron chi connectivity index (χ1n) is 6.44. The molecule has 0 aromatic heterocycles.